The standard InChI is InChI=1S/C16H16Cl2N2O4S/c1-10-2-3-11(8-15(10)25(19,22)23)20-16(21)6-7-24-12-4-5-13(17)14(18)9-12/h2-5,8-9H,6-7H2,1H3,(H,20,21)(H2,19,22,23). The predicted octanol–water partition coefficient (Wildman–Crippen LogP) is 3.36. The Morgan fingerprint density at radius 1 is 1.16 bits per heavy atom. The molecule has 0 bridgehead atoms. The van der Waals surface area contributed by atoms with E-state index in [9.17, 15) is 13.2 Å². The molecule has 3 N–H and O–H groups in total. The fourth-order valence-electron chi connectivity index (χ4n) is 2.04. The summed E-state index contributed by atoms with van der Waals surface area (Å²) >= 11 is 11.7. The third-order valence-corrected chi connectivity index (χ3v) is 5.06. The van der Waals surface area contributed by atoms with Crippen molar-refractivity contribution < 1.29 is 17.9 Å². The summed E-state index contributed by atoms with van der Waals surface area (Å²) in [6.07, 6.45) is 0.0683. The lowest BCUT2D eigenvalue weighted by atomic mass is 10.2. The van der Waals surface area contributed by atoms with Gasteiger partial charge in [0.1, 0.15) is 5.75 Å². The number of hydrogen-bond donors (Lipinski definition) is 2. The minimum atomic E-state index is -3.85. The van der Waals surface area contributed by atoms with Crippen LogP contribution in [0.15, 0.2) is 41.3 Å². The highest BCUT2D eigenvalue weighted by Crippen LogP contribution is 2.26. The van der Waals surface area contributed by atoms with Crippen molar-refractivity contribution >= 4 is 44.8 Å². The minimum absolute atomic E-state index is 0.0302. The van der Waals surface area contributed by atoms with Crippen molar-refractivity contribution in [3.05, 3.63) is 52.0 Å². The highest BCUT2D eigenvalue weighted by atomic mass is 35.5. The SMILES string of the molecule is Cc1ccc(NC(=O)CCOc2ccc(Cl)c(Cl)c2)cc1S(N)(=O)=O. The number of ether oxygens (including phenoxy) is 1. The molecule has 2 rings (SSSR count). The van der Waals surface area contributed by atoms with Gasteiger partial charge >= 0.3 is 0 Å². The highest BCUT2D eigenvalue weighted by Gasteiger charge is 2.13. The van der Waals surface area contributed by atoms with Crippen LogP contribution in [0.5, 0.6) is 5.75 Å². The van der Waals surface area contributed by atoms with Crippen LogP contribution in [0.4, 0.5) is 5.69 Å². The lowest BCUT2D eigenvalue weighted by Crippen LogP contribution is -2.17. The Kier molecular flexibility index (Phi) is 6.29. The number of nitrogens with one attached hydrogen (secondary N) is 1. The normalized spacial score (nSPS) is 11.2. The van der Waals surface area contributed by atoms with E-state index < -0.39 is 10.0 Å². The highest BCUT2D eigenvalue weighted by molar-refractivity contribution is 7.89. The van der Waals surface area contributed by atoms with E-state index in [0.29, 0.717) is 27.0 Å². The van der Waals surface area contributed by atoms with Gasteiger partial charge in [-0.1, -0.05) is 29.3 Å². The van der Waals surface area contributed by atoms with Crippen LogP contribution in [0.1, 0.15) is 12.0 Å². The second-order valence-corrected chi connectivity index (χ2v) is 7.59. The summed E-state index contributed by atoms with van der Waals surface area (Å²) in [6, 6.07) is 9.29. The summed E-state index contributed by atoms with van der Waals surface area (Å²) in [6.45, 7) is 1.74. The number of halogens is 2. The predicted molar refractivity (Wildman–Crippen MR) is 97.8 cm³/mol. The van der Waals surface area contributed by atoms with E-state index in [-0.39, 0.29) is 23.8 Å². The number of aryl methyl sites for hydroxylation is 1. The number of rotatable bonds is 6. The number of hydrogen-bond acceptors (Lipinski definition) is 4. The van der Waals surface area contributed by atoms with Gasteiger partial charge in [0.25, 0.3) is 0 Å². The van der Waals surface area contributed by atoms with Crippen LogP contribution in [0.3, 0.4) is 0 Å². The number of anilines is 1. The smallest absolute Gasteiger partial charge is 0.238 e. The van der Waals surface area contributed by atoms with Gasteiger partial charge in [-0.05, 0) is 36.8 Å². The summed E-state index contributed by atoms with van der Waals surface area (Å²) in [5.74, 6) is 0.165. The van der Waals surface area contributed by atoms with E-state index in [1.165, 1.54) is 6.07 Å². The third-order valence-electron chi connectivity index (χ3n) is 3.27. The van der Waals surface area contributed by atoms with Crippen LogP contribution in [0, 0.1) is 6.92 Å². The molecule has 0 spiro atoms. The van der Waals surface area contributed by atoms with Gasteiger partial charge in [0.2, 0.25) is 15.9 Å². The summed E-state index contributed by atoms with van der Waals surface area (Å²) in [4.78, 5) is 11.9. The lowest BCUT2D eigenvalue weighted by molar-refractivity contribution is -0.116. The molecule has 0 saturated carbocycles. The number of amides is 1. The molecular weight excluding hydrogens is 387 g/mol. The van der Waals surface area contributed by atoms with Crippen LogP contribution >= 0.6 is 23.2 Å². The number of sulfonamides is 1. The lowest BCUT2D eigenvalue weighted by Gasteiger charge is -2.10. The van der Waals surface area contributed by atoms with Crippen LogP contribution < -0.4 is 15.2 Å². The van der Waals surface area contributed by atoms with E-state index in [1.54, 1.807) is 37.3 Å². The Bertz CT molecular complexity index is 901. The summed E-state index contributed by atoms with van der Waals surface area (Å²) in [5.41, 5.74) is 0.845. The van der Waals surface area contributed by atoms with Gasteiger partial charge < -0.3 is 10.1 Å². The van der Waals surface area contributed by atoms with Gasteiger partial charge in [-0.15, -0.1) is 0 Å². The second kappa shape index (κ2) is 8.05. The molecule has 0 saturated heterocycles. The molecule has 0 fully saturated rings. The first-order valence-electron chi connectivity index (χ1n) is 7.18. The maximum Gasteiger partial charge on any atom is 0.238 e. The van der Waals surface area contributed by atoms with Crippen molar-refractivity contribution in [1.82, 2.24) is 0 Å². The average molecular weight is 403 g/mol. The van der Waals surface area contributed by atoms with Crippen molar-refractivity contribution in [2.45, 2.75) is 18.2 Å². The number of nitrogens with two attached hydrogens (primary N) is 1. The van der Waals surface area contributed by atoms with E-state index in [2.05, 4.69) is 5.32 Å². The van der Waals surface area contributed by atoms with E-state index in [0.717, 1.165) is 0 Å². The first-order chi connectivity index (χ1) is 11.7. The number of carbonyl (C=O) groups excluding carboxylic acids is 1. The Labute approximate surface area is 155 Å². The average Bonchev–Trinajstić information content (AvgIpc) is 2.51. The molecule has 2 aromatic carbocycles. The zero-order valence-electron chi connectivity index (χ0n) is 13.3. The topological polar surface area (TPSA) is 98.5 Å². The van der Waals surface area contributed by atoms with E-state index in [1.807, 2.05) is 0 Å². The summed E-state index contributed by atoms with van der Waals surface area (Å²) in [7, 11) is -3.85. The molecule has 6 nitrogen and oxygen atoms in total. The van der Waals surface area contributed by atoms with Crippen molar-refractivity contribution in [1.29, 1.82) is 0 Å². The van der Waals surface area contributed by atoms with Gasteiger partial charge in [0.15, 0.2) is 0 Å². The molecule has 0 aliphatic heterocycles. The van der Waals surface area contributed by atoms with E-state index >= 15 is 0 Å². The van der Waals surface area contributed by atoms with Gasteiger partial charge in [-0.3, -0.25) is 4.79 Å². The zero-order chi connectivity index (χ0) is 18.6. The Balaban J connectivity index is 1.93. The van der Waals surface area contributed by atoms with Crippen molar-refractivity contribution in [3.63, 3.8) is 0 Å². The third kappa shape index (κ3) is 5.61. The molecular formula is C16H16Cl2N2O4S. The maximum absolute atomic E-state index is 12.0. The van der Waals surface area contributed by atoms with E-state index in [4.69, 9.17) is 33.1 Å². The quantitative estimate of drug-likeness (QED) is 0.773. The largest absolute Gasteiger partial charge is 0.493 e. The second-order valence-electron chi connectivity index (χ2n) is 5.25. The molecule has 0 radical (unpaired) electrons. The molecule has 0 unspecified atom stereocenters. The fraction of sp³-hybridized carbons (Fsp3) is 0.188. The maximum atomic E-state index is 12.0. The zero-order valence-corrected chi connectivity index (χ0v) is 15.6. The molecule has 1 amide bonds. The molecule has 134 valence electrons. The van der Waals surface area contributed by atoms with Gasteiger partial charge in [-0.25, -0.2) is 13.6 Å². The molecule has 0 aliphatic rings. The Morgan fingerprint density at radius 3 is 2.52 bits per heavy atom. The molecule has 9 heteroatoms. The Hall–Kier alpha value is -1.80. The monoisotopic (exact) mass is 402 g/mol. The number of primary sulfonamides is 1. The van der Waals surface area contributed by atoms with Crippen molar-refractivity contribution in [2.24, 2.45) is 5.14 Å². The number of benzene rings is 2. The van der Waals surface area contributed by atoms with Crippen LogP contribution in [0.25, 0.3) is 0 Å². The molecule has 0 aromatic heterocycles. The first kappa shape index (κ1) is 19.5. The molecule has 0 atom stereocenters. The molecule has 0 aliphatic carbocycles. The molecule has 0 heterocycles. The van der Waals surface area contributed by atoms with Gasteiger partial charge in [-0.2, -0.15) is 0 Å². The van der Waals surface area contributed by atoms with Gasteiger partial charge in [0, 0.05) is 11.8 Å². The fourth-order valence-corrected chi connectivity index (χ4v) is 3.13. The van der Waals surface area contributed by atoms with Crippen LogP contribution in [0.2, 0.25) is 10.0 Å². The van der Waals surface area contributed by atoms with Crippen molar-refractivity contribution in [2.75, 3.05) is 11.9 Å². The first-order valence-corrected chi connectivity index (χ1v) is 9.48. The number of carbonyl (C=O) groups is 1. The van der Waals surface area contributed by atoms with Crippen LogP contribution in [-0.2, 0) is 14.8 Å². The van der Waals surface area contributed by atoms with Crippen LogP contribution in [-0.4, -0.2) is 20.9 Å². The summed E-state index contributed by atoms with van der Waals surface area (Å²) < 4.78 is 28.4. The van der Waals surface area contributed by atoms with Crippen molar-refractivity contribution in [3.8, 4) is 5.75 Å². The molecule has 2 aromatic rings. The summed E-state index contributed by atoms with van der Waals surface area (Å²) in [5, 5.41) is 8.52. The molecule has 25 heavy (non-hydrogen) atoms. The minimum Gasteiger partial charge on any atom is -0.493 e. The van der Waals surface area contributed by atoms with Gasteiger partial charge in [0.05, 0.1) is 28.0 Å². The Morgan fingerprint density at radius 2 is 1.88 bits per heavy atom.